The molecule has 0 heterocycles. The zero-order valence-corrected chi connectivity index (χ0v) is 30.0. The maximum Gasteiger partial charge on any atom is 0.223 e. The van der Waals surface area contributed by atoms with Crippen LogP contribution in [0.25, 0.3) is 0 Å². The van der Waals surface area contributed by atoms with Crippen molar-refractivity contribution < 1.29 is 9.59 Å². The molecule has 2 amide bonds. The van der Waals surface area contributed by atoms with Crippen LogP contribution in [0.2, 0.25) is 12.1 Å². The van der Waals surface area contributed by atoms with Crippen LogP contribution in [-0.2, 0) is 35.5 Å². The second-order valence-corrected chi connectivity index (χ2v) is 17.5. The molecule has 2 atom stereocenters. The molecule has 0 aliphatic carbocycles. The highest BCUT2D eigenvalue weighted by Crippen LogP contribution is 2.30. The molecule has 4 nitrogen and oxygen atoms in total. The van der Waals surface area contributed by atoms with Crippen LogP contribution < -0.4 is 21.0 Å². The summed E-state index contributed by atoms with van der Waals surface area (Å²) in [6.45, 7) is 0.934. The van der Waals surface area contributed by atoms with Crippen LogP contribution in [0.15, 0.2) is 182 Å². The number of carbonyl (C=O) groups excluding carboxylic acids is 2. The van der Waals surface area contributed by atoms with Crippen molar-refractivity contribution in [2.75, 3.05) is 0 Å². The van der Waals surface area contributed by atoms with Crippen molar-refractivity contribution in [3.8, 4) is 0 Å². The van der Waals surface area contributed by atoms with Crippen LogP contribution in [0.4, 0.5) is 0 Å². The van der Waals surface area contributed by atoms with Crippen LogP contribution in [0.3, 0.4) is 0 Å². The molecule has 0 spiro atoms. The Morgan fingerprint density at radius 3 is 0.980 bits per heavy atom. The quantitative estimate of drug-likeness (QED) is 0.103. The maximum atomic E-state index is 14.5. The second-order valence-electron chi connectivity index (χ2n) is 13.4. The highest BCUT2D eigenvalue weighted by molar-refractivity contribution is 7.02. The van der Waals surface area contributed by atoms with Gasteiger partial charge in [0.1, 0.15) is 8.07 Å². The molecule has 0 fully saturated rings. The van der Waals surface area contributed by atoms with E-state index < -0.39 is 8.07 Å². The van der Waals surface area contributed by atoms with E-state index in [-0.39, 0.29) is 23.7 Å². The topological polar surface area (TPSA) is 58.2 Å². The van der Waals surface area contributed by atoms with E-state index in [2.05, 4.69) is 95.6 Å². The lowest BCUT2D eigenvalue weighted by Gasteiger charge is -2.38. The average Bonchev–Trinajstić information content (AvgIpc) is 3.20. The van der Waals surface area contributed by atoms with E-state index in [0.717, 1.165) is 22.3 Å². The minimum atomic E-state index is -2.85. The van der Waals surface area contributed by atoms with Crippen molar-refractivity contribution in [2.45, 2.75) is 38.0 Å². The Kier molecular flexibility index (Phi) is 12.4. The van der Waals surface area contributed by atoms with Crippen molar-refractivity contribution in [2.24, 2.45) is 11.8 Å². The minimum absolute atomic E-state index is 0.0413. The van der Waals surface area contributed by atoms with Crippen LogP contribution in [0.1, 0.15) is 22.3 Å². The van der Waals surface area contributed by atoms with Crippen LogP contribution in [0.5, 0.6) is 0 Å². The first kappa shape index (κ1) is 35.3. The number of hydrogen-bond acceptors (Lipinski definition) is 2. The normalized spacial score (nSPS) is 12.4. The van der Waals surface area contributed by atoms with Gasteiger partial charge >= 0.3 is 0 Å². The predicted octanol–water partition coefficient (Wildman–Crippen LogP) is 7.60. The van der Waals surface area contributed by atoms with E-state index >= 15 is 0 Å². The summed E-state index contributed by atoms with van der Waals surface area (Å²) >= 11 is 0. The fraction of sp³-hybridized carbons (Fsp3) is 0.174. The summed E-state index contributed by atoms with van der Waals surface area (Å²) in [5.74, 6) is -0.542. The summed E-state index contributed by atoms with van der Waals surface area (Å²) in [5.41, 5.74) is 4.39. The van der Waals surface area contributed by atoms with Gasteiger partial charge in [-0.25, -0.2) is 0 Å². The zero-order chi connectivity index (χ0) is 35.1. The Bertz CT molecular complexity index is 1780. The standard InChI is InChI=1S/C46H46N2O2Si/c49-45(47-33-39-23-11-3-12-24-39)41(31-37-19-7-1-8-20-37)35-51(43-27-15-5-16-28-43,44-29-17-6-18-30-44)36-42(32-38-21-9-2-10-22-38)46(50)48-34-40-25-13-4-14-26-40/h1-30,41-42H,31-36H2,(H,47,49)(H,48,50)/t41-,42-/m1/s1. The third-order valence-electron chi connectivity index (χ3n) is 9.85. The highest BCUT2D eigenvalue weighted by atomic mass is 28.3. The monoisotopic (exact) mass is 686 g/mol. The molecule has 0 bridgehead atoms. The third-order valence-corrected chi connectivity index (χ3v) is 15.1. The number of amides is 2. The van der Waals surface area contributed by atoms with Gasteiger partial charge in [0.05, 0.1) is 0 Å². The van der Waals surface area contributed by atoms with Crippen LogP contribution in [-0.4, -0.2) is 19.9 Å². The van der Waals surface area contributed by atoms with E-state index in [9.17, 15) is 9.59 Å². The molecule has 6 aromatic rings. The number of hydrogen-bond donors (Lipinski definition) is 2. The molecule has 5 heteroatoms. The van der Waals surface area contributed by atoms with E-state index in [1.165, 1.54) is 10.4 Å². The van der Waals surface area contributed by atoms with Crippen molar-refractivity contribution >= 4 is 30.3 Å². The number of benzene rings is 6. The lowest BCUT2D eigenvalue weighted by atomic mass is 9.99. The highest BCUT2D eigenvalue weighted by Gasteiger charge is 2.44. The van der Waals surface area contributed by atoms with Crippen molar-refractivity contribution in [1.29, 1.82) is 0 Å². The molecule has 0 unspecified atom stereocenters. The summed E-state index contributed by atoms with van der Waals surface area (Å²) in [4.78, 5) is 28.9. The van der Waals surface area contributed by atoms with E-state index in [0.29, 0.717) is 38.0 Å². The summed E-state index contributed by atoms with van der Waals surface area (Å²) in [6, 6.07) is 63.5. The molecule has 2 N–H and O–H groups in total. The first-order chi connectivity index (χ1) is 25.1. The van der Waals surface area contributed by atoms with Crippen molar-refractivity contribution in [3.63, 3.8) is 0 Å². The van der Waals surface area contributed by atoms with Gasteiger partial charge in [-0.15, -0.1) is 0 Å². The Hall–Kier alpha value is -5.52. The molecule has 256 valence electrons. The van der Waals surface area contributed by atoms with Gasteiger partial charge in [-0.3, -0.25) is 9.59 Å². The van der Waals surface area contributed by atoms with Crippen LogP contribution >= 0.6 is 0 Å². The van der Waals surface area contributed by atoms with Gasteiger partial charge in [0, 0.05) is 24.9 Å². The fourth-order valence-corrected chi connectivity index (χ4v) is 12.7. The molecule has 6 aromatic carbocycles. The zero-order valence-electron chi connectivity index (χ0n) is 29.0. The molecule has 0 aliphatic heterocycles. The van der Waals surface area contributed by atoms with Crippen molar-refractivity contribution in [1.82, 2.24) is 10.6 Å². The van der Waals surface area contributed by atoms with Gasteiger partial charge in [0.25, 0.3) is 0 Å². The Balaban J connectivity index is 1.42. The molecule has 0 saturated heterocycles. The first-order valence-corrected chi connectivity index (χ1v) is 20.3. The molecular weight excluding hydrogens is 641 g/mol. The average molecular weight is 687 g/mol. The van der Waals surface area contributed by atoms with Gasteiger partial charge in [0.2, 0.25) is 11.8 Å². The largest absolute Gasteiger partial charge is 0.352 e. The number of carbonyl (C=O) groups is 2. The summed E-state index contributed by atoms with van der Waals surface area (Å²) < 4.78 is 0. The van der Waals surface area contributed by atoms with Crippen molar-refractivity contribution in [3.05, 3.63) is 204 Å². The SMILES string of the molecule is O=C(NCc1ccccc1)[C@H](Cc1ccccc1)C[Si](C[C@@H](Cc1ccccc1)C(=O)NCc1ccccc1)(c1ccccc1)c1ccccc1. The number of rotatable bonds is 16. The summed E-state index contributed by atoms with van der Waals surface area (Å²) in [7, 11) is -2.85. The second kappa shape index (κ2) is 17.9. The molecular formula is C46H46N2O2Si. The van der Waals surface area contributed by atoms with E-state index in [4.69, 9.17) is 0 Å². The summed E-state index contributed by atoms with van der Waals surface area (Å²) in [6.07, 6.45) is 1.22. The predicted molar refractivity (Wildman–Crippen MR) is 211 cm³/mol. The third kappa shape index (κ3) is 9.80. The minimum Gasteiger partial charge on any atom is -0.352 e. The molecule has 0 aliphatic rings. The Morgan fingerprint density at radius 1 is 0.392 bits per heavy atom. The van der Waals surface area contributed by atoms with Gasteiger partial charge in [-0.05, 0) is 47.2 Å². The number of nitrogens with one attached hydrogen (secondary N) is 2. The Labute approximate surface area is 303 Å². The van der Waals surface area contributed by atoms with Gasteiger partial charge in [-0.2, -0.15) is 0 Å². The molecule has 6 rings (SSSR count). The van der Waals surface area contributed by atoms with Gasteiger partial charge in [-0.1, -0.05) is 192 Å². The van der Waals surface area contributed by atoms with Gasteiger partial charge < -0.3 is 10.6 Å². The lowest BCUT2D eigenvalue weighted by molar-refractivity contribution is -0.125. The lowest BCUT2D eigenvalue weighted by Crippen LogP contribution is -2.62. The summed E-state index contributed by atoms with van der Waals surface area (Å²) in [5, 5.41) is 9.08. The molecule has 0 saturated carbocycles. The fourth-order valence-electron chi connectivity index (χ4n) is 7.25. The van der Waals surface area contributed by atoms with E-state index in [1.54, 1.807) is 0 Å². The van der Waals surface area contributed by atoms with Crippen LogP contribution in [0, 0.1) is 11.8 Å². The van der Waals surface area contributed by atoms with E-state index in [1.807, 2.05) is 97.1 Å². The maximum absolute atomic E-state index is 14.5. The smallest absolute Gasteiger partial charge is 0.223 e. The molecule has 51 heavy (non-hydrogen) atoms. The van der Waals surface area contributed by atoms with Gasteiger partial charge in [0.15, 0.2) is 0 Å². The molecule has 0 radical (unpaired) electrons. The first-order valence-electron chi connectivity index (χ1n) is 17.9. The Morgan fingerprint density at radius 2 is 0.667 bits per heavy atom. The molecule has 0 aromatic heterocycles.